The second-order valence-electron chi connectivity index (χ2n) is 3.90. The molecule has 0 aliphatic carbocycles. The maximum Gasteiger partial charge on any atom is 0.128 e. The van der Waals surface area contributed by atoms with Crippen LogP contribution >= 0.6 is 0 Å². The average Bonchev–Trinajstić information content (AvgIpc) is 2.38. The lowest BCUT2D eigenvalue weighted by molar-refractivity contribution is 1.04. The molecular formula is C12H15N5. The second kappa shape index (κ2) is 5.25. The van der Waals surface area contributed by atoms with Gasteiger partial charge in [0.05, 0.1) is 11.9 Å². The molecule has 0 unspecified atom stereocenters. The molecule has 2 aromatic rings. The van der Waals surface area contributed by atoms with Crippen molar-refractivity contribution in [2.45, 2.75) is 6.54 Å². The van der Waals surface area contributed by atoms with Gasteiger partial charge in [-0.15, -0.1) is 0 Å². The summed E-state index contributed by atoms with van der Waals surface area (Å²) in [6, 6.07) is 3.98. The summed E-state index contributed by atoms with van der Waals surface area (Å²) in [5.41, 5.74) is 2.03. The Morgan fingerprint density at radius 1 is 1.12 bits per heavy atom. The monoisotopic (exact) mass is 229 g/mol. The lowest BCUT2D eigenvalue weighted by Crippen LogP contribution is -2.10. The molecule has 0 amide bonds. The number of nitrogens with zero attached hydrogens (tertiary/aromatic N) is 4. The van der Waals surface area contributed by atoms with E-state index in [0.29, 0.717) is 6.54 Å². The van der Waals surface area contributed by atoms with Crippen molar-refractivity contribution in [2.75, 3.05) is 24.3 Å². The molecule has 17 heavy (non-hydrogen) atoms. The third-order valence-corrected chi connectivity index (χ3v) is 2.32. The van der Waals surface area contributed by atoms with Crippen LogP contribution < -0.4 is 10.2 Å². The van der Waals surface area contributed by atoms with Crippen LogP contribution in [0.5, 0.6) is 0 Å². The third kappa shape index (κ3) is 3.14. The van der Waals surface area contributed by atoms with Gasteiger partial charge in [-0.3, -0.25) is 0 Å². The van der Waals surface area contributed by atoms with E-state index in [1.54, 1.807) is 12.4 Å². The van der Waals surface area contributed by atoms with Crippen molar-refractivity contribution >= 4 is 11.5 Å². The molecule has 0 aliphatic heterocycles. The molecule has 0 saturated heterocycles. The Morgan fingerprint density at radius 2 is 1.88 bits per heavy atom. The number of nitrogens with one attached hydrogen (secondary N) is 1. The predicted octanol–water partition coefficient (Wildman–Crippen LogP) is 1.55. The molecule has 0 atom stereocenters. The summed E-state index contributed by atoms with van der Waals surface area (Å²) in [6.07, 6.45) is 6.93. The topological polar surface area (TPSA) is 53.9 Å². The highest BCUT2D eigenvalue weighted by atomic mass is 15.1. The summed E-state index contributed by atoms with van der Waals surface area (Å²) < 4.78 is 0. The van der Waals surface area contributed by atoms with Gasteiger partial charge in [0.25, 0.3) is 0 Å². The standard InChI is InChI=1S/C12H15N5/c1-17(2)12-4-3-11(8-16-12)15-7-10-5-13-9-14-6-10/h3-6,8-9,15H,7H2,1-2H3. The minimum Gasteiger partial charge on any atom is -0.380 e. The summed E-state index contributed by atoms with van der Waals surface area (Å²) in [4.78, 5) is 14.2. The van der Waals surface area contributed by atoms with E-state index in [9.17, 15) is 0 Å². The van der Waals surface area contributed by atoms with E-state index in [2.05, 4.69) is 20.3 Å². The highest BCUT2D eigenvalue weighted by Gasteiger charge is 1.97. The van der Waals surface area contributed by atoms with Gasteiger partial charge in [0, 0.05) is 38.6 Å². The number of rotatable bonds is 4. The van der Waals surface area contributed by atoms with Gasteiger partial charge in [-0.05, 0) is 12.1 Å². The van der Waals surface area contributed by atoms with Crippen molar-refractivity contribution in [2.24, 2.45) is 0 Å². The maximum absolute atomic E-state index is 4.32. The van der Waals surface area contributed by atoms with E-state index in [0.717, 1.165) is 17.1 Å². The first-order valence-corrected chi connectivity index (χ1v) is 5.37. The summed E-state index contributed by atoms with van der Waals surface area (Å²) >= 11 is 0. The third-order valence-electron chi connectivity index (χ3n) is 2.32. The van der Waals surface area contributed by atoms with Crippen molar-refractivity contribution in [3.05, 3.63) is 42.6 Å². The first kappa shape index (κ1) is 11.3. The van der Waals surface area contributed by atoms with Crippen molar-refractivity contribution in [1.82, 2.24) is 15.0 Å². The van der Waals surface area contributed by atoms with E-state index < -0.39 is 0 Å². The van der Waals surface area contributed by atoms with Crippen LogP contribution in [-0.4, -0.2) is 29.0 Å². The fourth-order valence-electron chi connectivity index (χ4n) is 1.38. The maximum atomic E-state index is 4.32. The van der Waals surface area contributed by atoms with Crippen molar-refractivity contribution in [3.8, 4) is 0 Å². The lowest BCUT2D eigenvalue weighted by atomic mass is 10.3. The van der Waals surface area contributed by atoms with Crippen LogP contribution in [0, 0.1) is 0 Å². The highest BCUT2D eigenvalue weighted by Crippen LogP contribution is 2.12. The molecule has 0 bridgehead atoms. The van der Waals surface area contributed by atoms with E-state index in [-0.39, 0.29) is 0 Å². The second-order valence-corrected chi connectivity index (χ2v) is 3.90. The number of hydrogen-bond donors (Lipinski definition) is 1. The molecule has 2 heterocycles. The largest absolute Gasteiger partial charge is 0.380 e. The summed E-state index contributed by atoms with van der Waals surface area (Å²) in [5, 5.41) is 3.27. The predicted molar refractivity (Wildman–Crippen MR) is 67.9 cm³/mol. The van der Waals surface area contributed by atoms with E-state index in [1.165, 1.54) is 6.33 Å². The number of hydrogen-bond acceptors (Lipinski definition) is 5. The van der Waals surface area contributed by atoms with Gasteiger partial charge in [-0.1, -0.05) is 0 Å². The van der Waals surface area contributed by atoms with Gasteiger partial charge >= 0.3 is 0 Å². The van der Waals surface area contributed by atoms with Crippen molar-refractivity contribution < 1.29 is 0 Å². The highest BCUT2D eigenvalue weighted by molar-refractivity contribution is 5.48. The summed E-state index contributed by atoms with van der Waals surface area (Å²) in [5.74, 6) is 0.943. The molecule has 0 aromatic carbocycles. The first-order chi connectivity index (χ1) is 8.25. The Morgan fingerprint density at radius 3 is 2.47 bits per heavy atom. The average molecular weight is 229 g/mol. The Labute approximate surface area is 101 Å². The zero-order chi connectivity index (χ0) is 12.1. The molecule has 1 N–H and O–H groups in total. The van der Waals surface area contributed by atoms with Crippen molar-refractivity contribution in [1.29, 1.82) is 0 Å². The van der Waals surface area contributed by atoms with Gasteiger partial charge < -0.3 is 10.2 Å². The van der Waals surface area contributed by atoms with Gasteiger partial charge in [0.1, 0.15) is 12.1 Å². The molecule has 0 spiro atoms. The van der Waals surface area contributed by atoms with Crippen molar-refractivity contribution in [3.63, 3.8) is 0 Å². The van der Waals surface area contributed by atoms with Gasteiger partial charge in [0.2, 0.25) is 0 Å². The summed E-state index contributed by atoms with van der Waals surface area (Å²) in [7, 11) is 3.94. The number of pyridine rings is 1. The smallest absolute Gasteiger partial charge is 0.128 e. The minimum atomic E-state index is 0.698. The molecule has 0 radical (unpaired) electrons. The van der Waals surface area contributed by atoms with Gasteiger partial charge in [-0.2, -0.15) is 0 Å². The molecule has 0 fully saturated rings. The fraction of sp³-hybridized carbons (Fsp3) is 0.250. The van der Waals surface area contributed by atoms with E-state index >= 15 is 0 Å². The van der Waals surface area contributed by atoms with E-state index in [4.69, 9.17) is 0 Å². The molecule has 0 saturated carbocycles. The van der Waals surface area contributed by atoms with Gasteiger partial charge in [-0.25, -0.2) is 15.0 Å². The normalized spacial score (nSPS) is 10.0. The van der Waals surface area contributed by atoms with Crippen LogP contribution in [0.3, 0.4) is 0 Å². The first-order valence-electron chi connectivity index (χ1n) is 5.37. The Kier molecular flexibility index (Phi) is 3.49. The molecule has 88 valence electrons. The molecular weight excluding hydrogens is 214 g/mol. The van der Waals surface area contributed by atoms with Crippen LogP contribution in [0.25, 0.3) is 0 Å². The van der Waals surface area contributed by atoms with Crippen LogP contribution in [0.1, 0.15) is 5.56 Å². The van der Waals surface area contributed by atoms with Crippen LogP contribution in [0.15, 0.2) is 37.1 Å². The minimum absolute atomic E-state index is 0.698. The fourth-order valence-corrected chi connectivity index (χ4v) is 1.38. The molecule has 5 nitrogen and oxygen atoms in total. The quantitative estimate of drug-likeness (QED) is 0.862. The van der Waals surface area contributed by atoms with Gasteiger partial charge in [0.15, 0.2) is 0 Å². The van der Waals surface area contributed by atoms with E-state index in [1.807, 2.05) is 37.3 Å². The molecule has 2 rings (SSSR count). The Bertz CT molecular complexity index is 452. The van der Waals surface area contributed by atoms with Crippen LogP contribution in [-0.2, 0) is 6.54 Å². The number of anilines is 2. The van der Waals surface area contributed by atoms with Crippen LogP contribution in [0.4, 0.5) is 11.5 Å². The Hall–Kier alpha value is -2.17. The summed E-state index contributed by atoms with van der Waals surface area (Å²) in [6.45, 7) is 0.698. The SMILES string of the molecule is CN(C)c1ccc(NCc2cncnc2)cn1. The van der Waals surface area contributed by atoms with Crippen LogP contribution in [0.2, 0.25) is 0 Å². The Balaban J connectivity index is 1.96. The molecule has 5 heteroatoms. The lowest BCUT2D eigenvalue weighted by Gasteiger charge is -2.11. The molecule has 2 aromatic heterocycles. The zero-order valence-corrected chi connectivity index (χ0v) is 9.96. The zero-order valence-electron chi connectivity index (χ0n) is 9.96. The number of aromatic nitrogens is 3. The molecule has 0 aliphatic rings.